The molecule has 0 fully saturated rings. The molecule has 0 spiro atoms. The predicted molar refractivity (Wildman–Crippen MR) is 93.3 cm³/mol. The molecule has 2 amide bonds. The maximum absolute atomic E-state index is 12.6. The molecule has 1 N–H and O–H groups in total. The molecule has 0 bridgehead atoms. The van der Waals surface area contributed by atoms with Crippen LogP contribution >= 0.6 is 11.6 Å². The van der Waals surface area contributed by atoms with Crippen LogP contribution in [0.2, 0.25) is 0 Å². The lowest BCUT2D eigenvalue weighted by Crippen LogP contribution is -2.32. The Hall–Kier alpha value is -3.19. The van der Waals surface area contributed by atoms with E-state index in [2.05, 4.69) is 5.32 Å². The molecule has 1 aliphatic heterocycles. The van der Waals surface area contributed by atoms with Crippen molar-refractivity contribution in [3.63, 3.8) is 0 Å². The van der Waals surface area contributed by atoms with Crippen molar-refractivity contribution in [2.45, 2.75) is 6.92 Å². The summed E-state index contributed by atoms with van der Waals surface area (Å²) in [6, 6.07) is 12.4. The summed E-state index contributed by atoms with van der Waals surface area (Å²) in [7, 11) is 0. The molecule has 2 aromatic rings. The molecular formula is C17H12ClN3O4. The van der Waals surface area contributed by atoms with Crippen molar-refractivity contribution in [1.82, 2.24) is 0 Å². The number of hydrogen-bond donors (Lipinski definition) is 1. The lowest BCUT2D eigenvalue weighted by Gasteiger charge is -2.14. The molecule has 0 radical (unpaired) electrons. The number of hydrogen-bond acceptors (Lipinski definition) is 5. The Labute approximate surface area is 147 Å². The Morgan fingerprint density at radius 1 is 1.08 bits per heavy atom. The number of carbonyl (C=O) groups excluding carboxylic acids is 2. The number of nitrogens with zero attached hydrogens (tertiary/aromatic N) is 2. The second-order valence-electron chi connectivity index (χ2n) is 5.40. The van der Waals surface area contributed by atoms with Crippen LogP contribution in [0.15, 0.2) is 59.3 Å². The quantitative estimate of drug-likeness (QED) is 0.514. The number of non-ortho nitro benzene ring substituents is 1. The van der Waals surface area contributed by atoms with Gasteiger partial charge in [-0.05, 0) is 25.1 Å². The third-order valence-corrected chi connectivity index (χ3v) is 4.00. The third kappa shape index (κ3) is 3.09. The lowest BCUT2D eigenvalue weighted by molar-refractivity contribution is -0.384. The fourth-order valence-corrected chi connectivity index (χ4v) is 2.59. The maximum Gasteiger partial charge on any atom is 0.283 e. The number of carbonyl (C=O) groups is 2. The number of imide groups is 1. The third-order valence-electron chi connectivity index (χ3n) is 3.65. The van der Waals surface area contributed by atoms with E-state index < -0.39 is 16.7 Å². The molecule has 25 heavy (non-hydrogen) atoms. The van der Waals surface area contributed by atoms with Gasteiger partial charge in [0, 0.05) is 17.8 Å². The number of nitrogens with one attached hydrogen (secondary N) is 1. The van der Waals surface area contributed by atoms with Gasteiger partial charge in [-0.3, -0.25) is 19.7 Å². The molecule has 2 aromatic carbocycles. The summed E-state index contributed by atoms with van der Waals surface area (Å²) in [5.41, 5.74) is 1.43. The molecule has 3 rings (SSSR count). The normalized spacial score (nSPS) is 14.2. The highest BCUT2D eigenvalue weighted by Gasteiger charge is 2.39. The number of halogens is 1. The highest BCUT2D eigenvalue weighted by molar-refractivity contribution is 6.53. The number of anilines is 2. The van der Waals surface area contributed by atoms with Gasteiger partial charge in [-0.2, -0.15) is 0 Å². The largest absolute Gasteiger partial charge is 0.350 e. The predicted octanol–water partition coefficient (Wildman–Crippen LogP) is 3.34. The zero-order chi connectivity index (χ0) is 18.1. The number of nitro benzene ring substituents is 1. The van der Waals surface area contributed by atoms with E-state index in [1.807, 2.05) is 19.1 Å². The fourth-order valence-electron chi connectivity index (χ4n) is 2.37. The number of amides is 2. The monoisotopic (exact) mass is 357 g/mol. The number of aryl methyl sites for hydroxylation is 1. The Bertz CT molecular complexity index is 922. The van der Waals surface area contributed by atoms with Crippen LogP contribution in [-0.2, 0) is 9.59 Å². The molecule has 7 nitrogen and oxygen atoms in total. The summed E-state index contributed by atoms with van der Waals surface area (Å²) < 4.78 is 0. The molecular weight excluding hydrogens is 346 g/mol. The fraction of sp³-hybridized carbons (Fsp3) is 0.0588. The minimum atomic E-state index is -0.734. The first-order valence-electron chi connectivity index (χ1n) is 7.25. The number of rotatable bonds is 4. The van der Waals surface area contributed by atoms with Gasteiger partial charge in [-0.25, -0.2) is 4.90 Å². The van der Waals surface area contributed by atoms with Crippen molar-refractivity contribution >= 4 is 40.5 Å². The highest BCUT2D eigenvalue weighted by Crippen LogP contribution is 2.31. The molecule has 1 heterocycles. The van der Waals surface area contributed by atoms with Crippen molar-refractivity contribution in [1.29, 1.82) is 0 Å². The number of benzene rings is 2. The summed E-state index contributed by atoms with van der Waals surface area (Å²) in [6.45, 7) is 1.92. The van der Waals surface area contributed by atoms with E-state index in [0.29, 0.717) is 5.69 Å². The Morgan fingerprint density at radius 2 is 1.76 bits per heavy atom. The van der Waals surface area contributed by atoms with Crippen LogP contribution in [0, 0.1) is 17.0 Å². The van der Waals surface area contributed by atoms with E-state index in [4.69, 9.17) is 11.6 Å². The van der Waals surface area contributed by atoms with E-state index in [9.17, 15) is 19.7 Å². The van der Waals surface area contributed by atoms with Crippen LogP contribution in [0.25, 0.3) is 0 Å². The van der Waals surface area contributed by atoms with Crippen molar-refractivity contribution in [3.05, 3.63) is 74.9 Å². The van der Waals surface area contributed by atoms with Crippen LogP contribution in [0.5, 0.6) is 0 Å². The molecule has 126 valence electrons. The van der Waals surface area contributed by atoms with E-state index >= 15 is 0 Å². The van der Waals surface area contributed by atoms with Crippen LogP contribution in [0.4, 0.5) is 17.1 Å². The summed E-state index contributed by atoms with van der Waals surface area (Å²) in [5, 5.41) is 13.5. The summed E-state index contributed by atoms with van der Waals surface area (Å²) in [4.78, 5) is 36.1. The second-order valence-corrected chi connectivity index (χ2v) is 5.78. The zero-order valence-corrected chi connectivity index (χ0v) is 13.8. The van der Waals surface area contributed by atoms with Gasteiger partial charge < -0.3 is 5.32 Å². The van der Waals surface area contributed by atoms with Crippen molar-refractivity contribution in [3.8, 4) is 0 Å². The topological polar surface area (TPSA) is 92.6 Å². The Morgan fingerprint density at radius 3 is 2.40 bits per heavy atom. The SMILES string of the molecule is Cc1ccc(NC2=C(Cl)C(=O)N(c3cccc([N+](=O)[O-])c3)C2=O)cc1. The summed E-state index contributed by atoms with van der Waals surface area (Å²) >= 11 is 6.02. The summed E-state index contributed by atoms with van der Waals surface area (Å²) in [5.74, 6) is -1.40. The van der Waals surface area contributed by atoms with Crippen LogP contribution < -0.4 is 10.2 Å². The molecule has 0 saturated heterocycles. The van der Waals surface area contributed by atoms with Gasteiger partial charge in [-0.15, -0.1) is 0 Å². The van der Waals surface area contributed by atoms with Gasteiger partial charge in [0.1, 0.15) is 10.7 Å². The molecule has 0 saturated carbocycles. The van der Waals surface area contributed by atoms with Crippen molar-refractivity contribution in [2.75, 3.05) is 10.2 Å². The average Bonchev–Trinajstić information content (AvgIpc) is 2.80. The van der Waals surface area contributed by atoms with Gasteiger partial charge in [0.05, 0.1) is 10.6 Å². The highest BCUT2D eigenvalue weighted by atomic mass is 35.5. The molecule has 0 unspecified atom stereocenters. The molecule has 0 aromatic heterocycles. The van der Waals surface area contributed by atoms with E-state index in [0.717, 1.165) is 16.5 Å². The average molecular weight is 358 g/mol. The van der Waals surface area contributed by atoms with Gasteiger partial charge >= 0.3 is 0 Å². The molecule has 0 aliphatic carbocycles. The van der Waals surface area contributed by atoms with Crippen LogP contribution in [0.3, 0.4) is 0 Å². The first-order chi connectivity index (χ1) is 11.9. The standard InChI is InChI=1S/C17H12ClN3O4/c1-10-5-7-11(8-6-10)19-15-14(18)16(22)20(17(15)23)12-3-2-4-13(9-12)21(24)25/h2-9,19H,1H3. The van der Waals surface area contributed by atoms with Gasteiger partial charge in [0.15, 0.2) is 0 Å². The summed E-state index contributed by atoms with van der Waals surface area (Å²) in [6.07, 6.45) is 0. The zero-order valence-electron chi connectivity index (χ0n) is 13.0. The smallest absolute Gasteiger partial charge is 0.283 e. The van der Waals surface area contributed by atoms with Crippen molar-refractivity contribution < 1.29 is 14.5 Å². The minimum absolute atomic E-state index is 0.0676. The van der Waals surface area contributed by atoms with Gasteiger partial charge in [-0.1, -0.05) is 35.4 Å². The molecule has 0 atom stereocenters. The number of nitro groups is 1. The van der Waals surface area contributed by atoms with E-state index in [1.54, 1.807) is 12.1 Å². The van der Waals surface area contributed by atoms with E-state index in [-0.39, 0.29) is 22.1 Å². The van der Waals surface area contributed by atoms with Gasteiger partial charge in [0.2, 0.25) is 0 Å². The first-order valence-corrected chi connectivity index (χ1v) is 7.63. The maximum atomic E-state index is 12.6. The molecule has 1 aliphatic rings. The lowest BCUT2D eigenvalue weighted by atomic mass is 10.2. The molecule has 8 heteroatoms. The van der Waals surface area contributed by atoms with Crippen LogP contribution in [-0.4, -0.2) is 16.7 Å². The van der Waals surface area contributed by atoms with Crippen LogP contribution in [0.1, 0.15) is 5.56 Å². The first kappa shape index (κ1) is 16.7. The Balaban J connectivity index is 1.92. The van der Waals surface area contributed by atoms with Gasteiger partial charge in [0.25, 0.3) is 17.5 Å². The Kier molecular flexibility index (Phi) is 4.24. The van der Waals surface area contributed by atoms with Crippen molar-refractivity contribution in [2.24, 2.45) is 0 Å². The second kappa shape index (κ2) is 6.37. The minimum Gasteiger partial charge on any atom is -0.350 e. The van der Waals surface area contributed by atoms with E-state index in [1.165, 1.54) is 18.2 Å².